The van der Waals surface area contributed by atoms with Crippen molar-refractivity contribution in [3.63, 3.8) is 0 Å². The maximum Gasteiger partial charge on any atom is 0.256 e. The summed E-state index contributed by atoms with van der Waals surface area (Å²) in [6, 6.07) is 15.8. The van der Waals surface area contributed by atoms with Crippen molar-refractivity contribution < 1.29 is 14.4 Å². The number of rotatable bonds is 7. The molecule has 0 radical (unpaired) electrons. The first-order valence-corrected chi connectivity index (χ1v) is 12.8. The Morgan fingerprint density at radius 2 is 1.68 bits per heavy atom. The van der Waals surface area contributed by atoms with Crippen LogP contribution in [0.4, 0.5) is 0 Å². The van der Waals surface area contributed by atoms with E-state index in [1.165, 1.54) is 0 Å². The Balaban J connectivity index is 1.55. The van der Waals surface area contributed by atoms with Crippen LogP contribution in [-0.2, 0) is 9.59 Å². The quantitative estimate of drug-likeness (QED) is 0.615. The zero-order valence-electron chi connectivity index (χ0n) is 20.4. The zero-order chi connectivity index (χ0) is 24.6. The predicted molar refractivity (Wildman–Crippen MR) is 135 cm³/mol. The lowest BCUT2D eigenvalue weighted by molar-refractivity contribution is -0.133. The van der Waals surface area contributed by atoms with Gasteiger partial charge < -0.3 is 15.5 Å². The second-order valence-electron chi connectivity index (χ2n) is 9.79. The molecule has 0 saturated carbocycles. The lowest BCUT2D eigenvalue weighted by Gasteiger charge is -2.32. The van der Waals surface area contributed by atoms with Gasteiger partial charge in [-0.1, -0.05) is 68.8 Å². The van der Waals surface area contributed by atoms with Gasteiger partial charge in [-0.2, -0.15) is 0 Å². The van der Waals surface area contributed by atoms with Crippen molar-refractivity contribution in [2.75, 3.05) is 0 Å². The molecular weight excluding hydrogens is 446 g/mol. The molecule has 6 nitrogen and oxygen atoms in total. The molecule has 2 N–H and O–H groups in total. The number of hydrogen-bond acceptors (Lipinski definition) is 4. The second-order valence-corrected chi connectivity index (χ2v) is 11.5. The van der Waals surface area contributed by atoms with E-state index in [2.05, 4.69) is 10.6 Å². The van der Waals surface area contributed by atoms with E-state index in [1.54, 1.807) is 16.7 Å². The van der Waals surface area contributed by atoms with Crippen molar-refractivity contribution in [2.45, 2.75) is 69.3 Å². The van der Waals surface area contributed by atoms with Crippen LogP contribution in [0.1, 0.15) is 73.9 Å². The first kappa shape index (κ1) is 24.3. The smallest absolute Gasteiger partial charge is 0.256 e. The first-order valence-electron chi connectivity index (χ1n) is 11.9. The summed E-state index contributed by atoms with van der Waals surface area (Å²) in [4.78, 5) is 41.9. The predicted octanol–water partition coefficient (Wildman–Crippen LogP) is 4.44. The van der Waals surface area contributed by atoms with Gasteiger partial charge in [0.2, 0.25) is 11.8 Å². The maximum absolute atomic E-state index is 13.7. The summed E-state index contributed by atoms with van der Waals surface area (Å²) >= 11 is 1.62. The van der Waals surface area contributed by atoms with E-state index in [4.69, 9.17) is 0 Å². The Labute approximate surface area is 205 Å². The molecule has 2 aromatic carbocycles. The van der Waals surface area contributed by atoms with Crippen molar-refractivity contribution in [3.8, 4) is 0 Å². The first-order chi connectivity index (χ1) is 16.2. The maximum atomic E-state index is 13.7. The summed E-state index contributed by atoms with van der Waals surface area (Å²) in [6.45, 7) is 9.89. The van der Waals surface area contributed by atoms with Crippen LogP contribution in [-0.4, -0.2) is 39.5 Å². The largest absolute Gasteiger partial charge is 0.348 e. The van der Waals surface area contributed by atoms with Crippen LogP contribution >= 0.6 is 11.8 Å². The van der Waals surface area contributed by atoms with Gasteiger partial charge in [0.1, 0.15) is 17.5 Å². The monoisotopic (exact) mass is 479 g/mol. The van der Waals surface area contributed by atoms with Gasteiger partial charge in [-0.15, -0.1) is 11.8 Å². The lowest BCUT2D eigenvalue weighted by Crippen LogP contribution is -2.58. The van der Waals surface area contributed by atoms with Crippen LogP contribution < -0.4 is 10.6 Å². The summed E-state index contributed by atoms with van der Waals surface area (Å²) in [6.07, 6.45) is 0.734. The molecule has 0 unspecified atom stereocenters. The Kier molecular flexibility index (Phi) is 6.76. The van der Waals surface area contributed by atoms with Gasteiger partial charge in [-0.05, 0) is 43.9 Å². The van der Waals surface area contributed by atoms with Gasteiger partial charge in [0.15, 0.2) is 0 Å². The highest BCUT2D eigenvalue weighted by Gasteiger charge is 2.57. The molecule has 2 aliphatic rings. The molecule has 7 heteroatoms. The number of benzene rings is 2. The fourth-order valence-electron chi connectivity index (χ4n) is 4.87. The highest BCUT2D eigenvalue weighted by molar-refractivity contribution is 8.01. The van der Waals surface area contributed by atoms with E-state index in [0.29, 0.717) is 5.56 Å². The topological polar surface area (TPSA) is 78.5 Å². The molecule has 0 aromatic heterocycles. The second kappa shape index (κ2) is 9.45. The number of amides is 3. The van der Waals surface area contributed by atoms with Gasteiger partial charge in [0, 0.05) is 10.3 Å². The Bertz CT molecular complexity index is 1090. The SMILES string of the molecule is CC[C@@H](C)[C@H](NC(=O)[C@H]1N2C(=O)c3ccccc3[C@H]2SC1(C)C)C(=O)N[C@H](C)c1ccccc1. The van der Waals surface area contributed by atoms with Crippen LogP contribution in [0.3, 0.4) is 0 Å². The fourth-order valence-corrected chi connectivity index (χ4v) is 6.46. The van der Waals surface area contributed by atoms with Crippen molar-refractivity contribution in [1.29, 1.82) is 0 Å². The molecule has 0 bridgehead atoms. The van der Waals surface area contributed by atoms with E-state index < -0.39 is 16.8 Å². The summed E-state index contributed by atoms with van der Waals surface area (Å²) in [7, 11) is 0. The highest BCUT2D eigenvalue weighted by Crippen LogP contribution is 2.56. The molecule has 0 spiro atoms. The third-order valence-corrected chi connectivity index (χ3v) is 8.53. The Morgan fingerprint density at radius 3 is 2.35 bits per heavy atom. The van der Waals surface area contributed by atoms with Crippen LogP contribution in [0.15, 0.2) is 54.6 Å². The fraction of sp³-hybridized carbons (Fsp3) is 0.444. The van der Waals surface area contributed by atoms with Crippen molar-refractivity contribution in [3.05, 3.63) is 71.3 Å². The number of nitrogens with zero attached hydrogens (tertiary/aromatic N) is 1. The molecule has 1 fully saturated rings. The molecule has 2 heterocycles. The molecule has 1 saturated heterocycles. The van der Waals surface area contributed by atoms with Gasteiger partial charge >= 0.3 is 0 Å². The average Bonchev–Trinajstić information content (AvgIpc) is 3.26. The Morgan fingerprint density at radius 1 is 1.03 bits per heavy atom. The highest BCUT2D eigenvalue weighted by atomic mass is 32.2. The molecule has 2 aromatic rings. The number of carbonyl (C=O) groups excluding carboxylic acids is 3. The number of hydrogen-bond donors (Lipinski definition) is 2. The number of carbonyl (C=O) groups is 3. The molecule has 180 valence electrons. The van der Waals surface area contributed by atoms with Crippen molar-refractivity contribution >= 4 is 29.5 Å². The third-order valence-electron chi connectivity index (χ3n) is 7.00. The van der Waals surface area contributed by atoms with Crippen molar-refractivity contribution in [1.82, 2.24) is 15.5 Å². The minimum absolute atomic E-state index is 0.0636. The molecule has 5 atom stereocenters. The van der Waals surface area contributed by atoms with E-state index >= 15 is 0 Å². The van der Waals surface area contributed by atoms with Gasteiger partial charge in [-0.25, -0.2) is 0 Å². The standard InChI is InChI=1S/C27H33N3O3S/c1-6-16(2)21(23(31)28-17(3)18-12-8-7-9-13-18)29-24(32)22-27(4,5)34-26-20-15-11-10-14-19(20)25(33)30(22)26/h7-17,21-22,26H,6H2,1-5H3,(H,28,31)(H,29,32)/t16-,17-,21+,22-,26-/m1/s1. The van der Waals surface area contributed by atoms with Gasteiger partial charge in [-0.3, -0.25) is 14.4 Å². The summed E-state index contributed by atoms with van der Waals surface area (Å²) in [5.74, 6) is -0.684. The van der Waals surface area contributed by atoms with E-state index in [-0.39, 0.29) is 35.1 Å². The number of thioether (sulfide) groups is 1. The van der Waals surface area contributed by atoms with Crippen molar-refractivity contribution in [2.24, 2.45) is 5.92 Å². The van der Waals surface area contributed by atoms with Gasteiger partial charge in [0.05, 0.1) is 6.04 Å². The normalized spacial score (nSPS) is 23.0. The van der Waals surface area contributed by atoms with E-state index in [9.17, 15) is 14.4 Å². The molecule has 3 amide bonds. The van der Waals surface area contributed by atoms with Crippen LogP contribution in [0.25, 0.3) is 0 Å². The summed E-state index contributed by atoms with van der Waals surface area (Å²) < 4.78 is -0.494. The van der Waals surface area contributed by atoms with Crippen LogP contribution in [0, 0.1) is 5.92 Å². The van der Waals surface area contributed by atoms with Gasteiger partial charge in [0.25, 0.3) is 5.91 Å². The molecule has 4 rings (SSSR count). The summed E-state index contributed by atoms with van der Waals surface area (Å²) in [5, 5.41) is 5.89. The van der Waals surface area contributed by atoms with Crippen LogP contribution in [0.2, 0.25) is 0 Å². The molecule has 2 aliphatic heterocycles. The third kappa shape index (κ3) is 4.33. The molecular formula is C27H33N3O3S. The number of nitrogens with one attached hydrogen (secondary N) is 2. The molecule has 34 heavy (non-hydrogen) atoms. The average molecular weight is 480 g/mol. The lowest BCUT2D eigenvalue weighted by atomic mass is 9.95. The minimum atomic E-state index is -0.691. The number of fused-ring (bicyclic) bond motifs is 3. The van der Waals surface area contributed by atoms with E-state index in [0.717, 1.165) is 17.5 Å². The Hall–Kier alpha value is -2.80. The summed E-state index contributed by atoms with van der Waals surface area (Å²) in [5.41, 5.74) is 2.61. The zero-order valence-corrected chi connectivity index (χ0v) is 21.2. The van der Waals surface area contributed by atoms with E-state index in [1.807, 2.05) is 89.2 Å². The van der Waals surface area contributed by atoms with Crippen LogP contribution in [0.5, 0.6) is 0 Å². The molecule has 0 aliphatic carbocycles. The minimum Gasteiger partial charge on any atom is -0.348 e.